The Labute approximate surface area is 73.9 Å². The smallest absolute Gasteiger partial charge is 0.132 e. The fraction of sp³-hybridized carbons (Fsp3) is 0. The van der Waals surface area contributed by atoms with Crippen LogP contribution in [0.2, 0.25) is 0 Å². The summed E-state index contributed by atoms with van der Waals surface area (Å²) in [5, 5.41) is 5.57. The molecule has 1 atom stereocenters. The molecule has 0 saturated carbocycles. The van der Waals surface area contributed by atoms with Crippen LogP contribution in [0, 0.1) is 0 Å². The second kappa shape index (κ2) is 2.92. The summed E-state index contributed by atoms with van der Waals surface area (Å²) in [7, 11) is -2.65. The summed E-state index contributed by atoms with van der Waals surface area (Å²) < 4.78 is 11.9. The predicted octanol–water partition coefficient (Wildman–Crippen LogP) is 0.793. The molecule has 0 aliphatic carbocycles. The first-order valence-corrected chi connectivity index (χ1v) is 5.35. The molecular formula is C6H7BrN2OS. The lowest BCUT2D eigenvalue weighted by Gasteiger charge is -1.99. The largest absolute Gasteiger partial charge is 0.254 e. The number of rotatable bonds is 1. The van der Waals surface area contributed by atoms with Crippen molar-refractivity contribution in [1.29, 1.82) is 0 Å². The van der Waals surface area contributed by atoms with E-state index in [1.165, 1.54) is 6.20 Å². The molecule has 60 valence electrons. The van der Waals surface area contributed by atoms with Gasteiger partial charge in [0.05, 0.1) is 9.71 Å². The predicted molar refractivity (Wildman–Crippen MR) is 49.7 cm³/mol. The van der Waals surface area contributed by atoms with Gasteiger partial charge in [0.15, 0.2) is 0 Å². The van der Waals surface area contributed by atoms with Crippen LogP contribution < -0.4 is 5.14 Å². The fourth-order valence-corrected chi connectivity index (χ4v) is 1.33. The molecule has 5 heteroatoms. The Hall–Kier alpha value is -0.390. The molecule has 0 radical (unpaired) electrons. The van der Waals surface area contributed by atoms with E-state index in [1.807, 2.05) is 0 Å². The van der Waals surface area contributed by atoms with E-state index in [1.54, 1.807) is 12.1 Å². The van der Waals surface area contributed by atoms with E-state index in [0.29, 0.717) is 5.03 Å². The van der Waals surface area contributed by atoms with E-state index in [4.69, 9.17) is 5.14 Å². The minimum atomic E-state index is -2.65. The first-order valence-electron chi connectivity index (χ1n) is 2.77. The normalized spacial score (nSPS) is 15.8. The van der Waals surface area contributed by atoms with Crippen LogP contribution in [0.25, 0.3) is 0 Å². The van der Waals surface area contributed by atoms with Crippen LogP contribution in [0.1, 0.15) is 0 Å². The molecule has 2 N–H and O–H groups in total. The summed E-state index contributed by atoms with van der Waals surface area (Å²) in [5.74, 6) is 3.30. The molecule has 1 rings (SSSR count). The fourth-order valence-electron chi connectivity index (χ4n) is 0.567. The highest BCUT2D eigenvalue weighted by Crippen LogP contribution is 2.09. The maximum atomic E-state index is 11.1. The van der Waals surface area contributed by atoms with Gasteiger partial charge >= 0.3 is 0 Å². The second-order valence-corrected chi connectivity index (χ2v) is 4.83. The minimum absolute atomic E-state index is 0.320. The van der Waals surface area contributed by atoms with Crippen LogP contribution in [0.4, 0.5) is 0 Å². The van der Waals surface area contributed by atoms with Gasteiger partial charge in [0, 0.05) is 10.7 Å². The monoisotopic (exact) mass is 234 g/mol. The van der Waals surface area contributed by atoms with Crippen LogP contribution in [0.5, 0.6) is 0 Å². The number of hydrogen-bond donors (Lipinski definition) is 1. The summed E-state index contributed by atoms with van der Waals surface area (Å²) in [6, 6.07) is 3.30. The summed E-state index contributed by atoms with van der Waals surface area (Å²) in [6.45, 7) is 0. The lowest BCUT2D eigenvalue weighted by atomic mass is 10.5. The highest BCUT2D eigenvalue weighted by Gasteiger charge is 2.00. The van der Waals surface area contributed by atoms with Crippen molar-refractivity contribution in [3.05, 3.63) is 22.8 Å². The molecule has 0 aliphatic rings. The van der Waals surface area contributed by atoms with Crippen molar-refractivity contribution in [2.45, 2.75) is 5.03 Å². The van der Waals surface area contributed by atoms with E-state index in [0.717, 1.165) is 4.47 Å². The standard InChI is InChI=1S/C6H7BrN2OS/c1-11(8,10)6-3-2-5(7)4-9-6/h2-4H,1H2,(H2,8,10). The van der Waals surface area contributed by atoms with E-state index in [2.05, 4.69) is 26.8 Å². The third-order valence-electron chi connectivity index (χ3n) is 1.05. The Morgan fingerprint density at radius 1 is 1.64 bits per heavy atom. The summed E-state index contributed by atoms with van der Waals surface area (Å²) >= 11 is 3.20. The highest BCUT2D eigenvalue weighted by molar-refractivity contribution is 9.10. The van der Waals surface area contributed by atoms with Gasteiger partial charge in [-0.1, -0.05) is 0 Å². The Kier molecular flexibility index (Phi) is 2.31. The number of nitrogens with two attached hydrogens (primary N) is 1. The number of pyridine rings is 1. The Morgan fingerprint density at radius 3 is 2.64 bits per heavy atom. The van der Waals surface area contributed by atoms with Crippen LogP contribution in [-0.2, 0) is 9.71 Å². The van der Waals surface area contributed by atoms with Crippen LogP contribution in [0.3, 0.4) is 0 Å². The maximum Gasteiger partial charge on any atom is 0.132 e. The van der Waals surface area contributed by atoms with Gasteiger partial charge in [0.1, 0.15) is 5.03 Å². The quantitative estimate of drug-likeness (QED) is 0.731. The molecular weight excluding hydrogens is 228 g/mol. The minimum Gasteiger partial charge on any atom is -0.254 e. The maximum absolute atomic E-state index is 11.1. The number of nitrogens with zero attached hydrogens (tertiary/aromatic N) is 1. The molecule has 11 heavy (non-hydrogen) atoms. The molecule has 0 aliphatic heterocycles. The van der Waals surface area contributed by atoms with Gasteiger partial charge in [-0.2, -0.15) is 0 Å². The molecule has 1 aromatic heterocycles. The molecule has 1 unspecified atom stereocenters. The van der Waals surface area contributed by atoms with Crippen LogP contribution >= 0.6 is 15.9 Å². The summed E-state index contributed by atoms with van der Waals surface area (Å²) in [5.41, 5.74) is 0. The van der Waals surface area contributed by atoms with Gasteiger partial charge in [0.25, 0.3) is 0 Å². The Morgan fingerprint density at radius 2 is 2.27 bits per heavy atom. The third-order valence-corrected chi connectivity index (χ3v) is 2.47. The zero-order valence-corrected chi connectivity index (χ0v) is 8.06. The van der Waals surface area contributed by atoms with E-state index in [-0.39, 0.29) is 0 Å². The molecule has 0 fully saturated rings. The summed E-state index contributed by atoms with van der Waals surface area (Å²) in [4.78, 5) is 3.84. The second-order valence-electron chi connectivity index (χ2n) is 2.04. The number of aromatic nitrogens is 1. The zero-order chi connectivity index (χ0) is 8.48. The number of hydrogen-bond acceptors (Lipinski definition) is 2. The molecule has 0 amide bonds. The van der Waals surface area contributed by atoms with Crippen molar-refractivity contribution in [2.24, 2.45) is 5.14 Å². The van der Waals surface area contributed by atoms with Gasteiger partial charge in [-0.15, -0.1) is 0 Å². The zero-order valence-electron chi connectivity index (χ0n) is 5.66. The van der Waals surface area contributed by atoms with Crippen molar-refractivity contribution in [3.8, 4) is 0 Å². The van der Waals surface area contributed by atoms with Crippen molar-refractivity contribution >= 4 is 31.5 Å². The molecule has 1 heterocycles. The van der Waals surface area contributed by atoms with Crippen molar-refractivity contribution in [3.63, 3.8) is 0 Å². The van der Waals surface area contributed by atoms with Gasteiger partial charge in [0.2, 0.25) is 0 Å². The van der Waals surface area contributed by atoms with Crippen LogP contribution in [-0.4, -0.2) is 15.1 Å². The van der Waals surface area contributed by atoms with Crippen molar-refractivity contribution in [1.82, 2.24) is 4.98 Å². The first kappa shape index (κ1) is 8.70. The molecule has 0 saturated heterocycles. The van der Waals surface area contributed by atoms with Gasteiger partial charge < -0.3 is 0 Å². The Balaban J connectivity index is 3.20. The van der Waals surface area contributed by atoms with E-state index < -0.39 is 9.71 Å². The SMILES string of the molecule is C=S(N)(=O)c1ccc(Br)cn1. The van der Waals surface area contributed by atoms with Crippen molar-refractivity contribution in [2.75, 3.05) is 0 Å². The van der Waals surface area contributed by atoms with Gasteiger partial charge in [-0.05, 0) is 33.9 Å². The molecule has 3 nitrogen and oxygen atoms in total. The molecule has 0 spiro atoms. The topological polar surface area (TPSA) is 56.0 Å². The summed E-state index contributed by atoms with van der Waals surface area (Å²) in [6.07, 6.45) is 1.53. The van der Waals surface area contributed by atoms with Gasteiger partial charge in [-0.25, -0.2) is 9.19 Å². The lowest BCUT2D eigenvalue weighted by molar-refractivity contribution is 0.679. The third kappa shape index (κ3) is 2.28. The van der Waals surface area contributed by atoms with Gasteiger partial charge in [-0.3, -0.25) is 5.14 Å². The first-order chi connectivity index (χ1) is 5.00. The molecule has 1 aromatic rings. The highest BCUT2D eigenvalue weighted by atomic mass is 79.9. The van der Waals surface area contributed by atoms with E-state index >= 15 is 0 Å². The van der Waals surface area contributed by atoms with Crippen LogP contribution in [0.15, 0.2) is 27.8 Å². The lowest BCUT2D eigenvalue weighted by Crippen LogP contribution is -2.13. The molecule has 0 aromatic carbocycles. The average molecular weight is 235 g/mol. The van der Waals surface area contributed by atoms with Crippen molar-refractivity contribution < 1.29 is 4.21 Å². The average Bonchev–Trinajstić information content (AvgIpc) is 1.86. The number of halogens is 1. The Bertz CT molecular complexity index is 343. The van der Waals surface area contributed by atoms with E-state index in [9.17, 15) is 4.21 Å². The molecule has 0 bridgehead atoms.